The Kier molecular flexibility index (Phi) is 4.10. The van der Waals surface area contributed by atoms with E-state index in [1.165, 1.54) is 19.3 Å². The number of benzene rings is 2. The molecular formula is C16H17BrN2O2. The van der Waals surface area contributed by atoms with Gasteiger partial charge in [-0.05, 0) is 42.5 Å². The molecule has 0 aliphatic heterocycles. The van der Waals surface area contributed by atoms with Crippen molar-refractivity contribution in [2.45, 2.75) is 38.1 Å². The van der Waals surface area contributed by atoms with Gasteiger partial charge >= 0.3 is 0 Å². The summed E-state index contributed by atoms with van der Waals surface area (Å²) in [6.45, 7) is 0. The Bertz CT molecular complexity index is 681. The van der Waals surface area contributed by atoms with Crippen LogP contribution in [0.25, 0.3) is 10.8 Å². The molecule has 4 nitrogen and oxygen atoms in total. The number of halogens is 1. The molecule has 0 saturated heterocycles. The molecule has 2 aromatic carbocycles. The van der Waals surface area contributed by atoms with Gasteiger partial charge in [0, 0.05) is 10.5 Å². The summed E-state index contributed by atoms with van der Waals surface area (Å²) in [6, 6.07) is 9.70. The predicted molar refractivity (Wildman–Crippen MR) is 88.8 cm³/mol. The van der Waals surface area contributed by atoms with Gasteiger partial charge in [0.2, 0.25) is 0 Å². The van der Waals surface area contributed by atoms with E-state index in [1.807, 2.05) is 30.3 Å². The number of hydrogen-bond acceptors (Lipinski definition) is 3. The van der Waals surface area contributed by atoms with Crippen molar-refractivity contribution in [3.05, 3.63) is 44.9 Å². The summed E-state index contributed by atoms with van der Waals surface area (Å²) >= 11 is 3.41. The summed E-state index contributed by atoms with van der Waals surface area (Å²) in [4.78, 5) is 11.2. The SMILES string of the molecule is O=[N+]([O-])c1c(NC2CCCCC2)ccc2cc(Br)ccc12. The lowest BCUT2D eigenvalue weighted by Crippen LogP contribution is -2.22. The Hall–Kier alpha value is -1.62. The Morgan fingerprint density at radius 2 is 1.90 bits per heavy atom. The maximum atomic E-state index is 11.5. The maximum absolute atomic E-state index is 11.5. The number of hydrogen-bond donors (Lipinski definition) is 1. The Morgan fingerprint density at radius 3 is 2.62 bits per heavy atom. The second-order valence-corrected chi connectivity index (χ2v) is 6.48. The molecule has 2 aromatic rings. The summed E-state index contributed by atoms with van der Waals surface area (Å²) in [5, 5.41) is 16.5. The highest BCUT2D eigenvalue weighted by atomic mass is 79.9. The summed E-state index contributed by atoms with van der Waals surface area (Å²) in [5.74, 6) is 0. The van der Waals surface area contributed by atoms with Gasteiger partial charge < -0.3 is 5.32 Å². The molecule has 1 aliphatic rings. The molecule has 1 fully saturated rings. The Balaban J connectivity index is 2.03. The minimum absolute atomic E-state index is 0.186. The van der Waals surface area contributed by atoms with E-state index in [2.05, 4.69) is 21.2 Å². The molecule has 0 unspecified atom stereocenters. The first-order chi connectivity index (χ1) is 10.1. The van der Waals surface area contributed by atoms with Crippen LogP contribution in [-0.2, 0) is 0 Å². The topological polar surface area (TPSA) is 55.2 Å². The lowest BCUT2D eigenvalue weighted by atomic mass is 9.95. The van der Waals surface area contributed by atoms with Crippen LogP contribution in [0.3, 0.4) is 0 Å². The average Bonchev–Trinajstić information content (AvgIpc) is 2.48. The minimum Gasteiger partial charge on any atom is -0.377 e. The monoisotopic (exact) mass is 348 g/mol. The molecule has 1 N–H and O–H groups in total. The molecule has 3 rings (SSSR count). The largest absolute Gasteiger partial charge is 0.377 e. The first-order valence-electron chi connectivity index (χ1n) is 7.28. The Labute approximate surface area is 131 Å². The van der Waals surface area contributed by atoms with Crippen molar-refractivity contribution in [2.75, 3.05) is 5.32 Å². The molecule has 5 heteroatoms. The van der Waals surface area contributed by atoms with Gasteiger partial charge in [-0.25, -0.2) is 0 Å². The standard InChI is InChI=1S/C16H17BrN2O2/c17-12-7-8-14-11(10-12)6-9-15(16(14)19(20)21)18-13-4-2-1-3-5-13/h6-10,13,18H,1-5H2. The predicted octanol–water partition coefficient (Wildman–Crippen LogP) is 5.26. The number of fused-ring (bicyclic) bond motifs is 1. The van der Waals surface area contributed by atoms with E-state index < -0.39 is 0 Å². The smallest absolute Gasteiger partial charge is 0.300 e. The van der Waals surface area contributed by atoms with E-state index in [0.717, 1.165) is 22.7 Å². The van der Waals surface area contributed by atoms with E-state index >= 15 is 0 Å². The first kappa shape index (κ1) is 14.3. The molecule has 0 bridgehead atoms. The number of rotatable bonds is 3. The zero-order valence-electron chi connectivity index (χ0n) is 11.6. The van der Waals surface area contributed by atoms with Gasteiger partial charge in [0.15, 0.2) is 0 Å². The van der Waals surface area contributed by atoms with Crippen molar-refractivity contribution in [3.8, 4) is 0 Å². The van der Waals surface area contributed by atoms with Crippen molar-refractivity contribution in [1.82, 2.24) is 0 Å². The van der Waals surface area contributed by atoms with Gasteiger partial charge in [-0.1, -0.05) is 41.3 Å². The van der Waals surface area contributed by atoms with E-state index in [4.69, 9.17) is 0 Å². The average molecular weight is 349 g/mol. The van der Waals surface area contributed by atoms with Gasteiger partial charge in [0.1, 0.15) is 5.69 Å². The van der Waals surface area contributed by atoms with Crippen molar-refractivity contribution in [1.29, 1.82) is 0 Å². The molecule has 0 heterocycles. The van der Waals surface area contributed by atoms with E-state index in [9.17, 15) is 10.1 Å². The first-order valence-corrected chi connectivity index (χ1v) is 8.07. The van der Waals surface area contributed by atoms with Gasteiger partial charge in [-0.3, -0.25) is 10.1 Å². The number of nitrogens with one attached hydrogen (secondary N) is 1. The molecule has 1 aliphatic carbocycles. The fourth-order valence-electron chi connectivity index (χ4n) is 3.06. The molecular weight excluding hydrogens is 332 g/mol. The maximum Gasteiger partial charge on any atom is 0.300 e. The highest BCUT2D eigenvalue weighted by molar-refractivity contribution is 9.10. The number of anilines is 1. The zero-order chi connectivity index (χ0) is 14.8. The van der Waals surface area contributed by atoms with Crippen molar-refractivity contribution < 1.29 is 4.92 Å². The molecule has 0 spiro atoms. The lowest BCUT2D eigenvalue weighted by Gasteiger charge is -2.23. The molecule has 21 heavy (non-hydrogen) atoms. The summed E-state index contributed by atoms with van der Waals surface area (Å²) in [5.41, 5.74) is 0.826. The van der Waals surface area contributed by atoms with Crippen LogP contribution < -0.4 is 5.32 Å². The summed E-state index contributed by atoms with van der Waals surface area (Å²) in [7, 11) is 0. The molecule has 0 amide bonds. The van der Waals surface area contributed by atoms with Crippen LogP contribution >= 0.6 is 15.9 Å². The van der Waals surface area contributed by atoms with Gasteiger partial charge in [-0.2, -0.15) is 0 Å². The van der Waals surface area contributed by atoms with Gasteiger partial charge in [0.05, 0.1) is 10.3 Å². The fourth-order valence-corrected chi connectivity index (χ4v) is 3.44. The van der Waals surface area contributed by atoms with E-state index in [1.54, 1.807) is 0 Å². The van der Waals surface area contributed by atoms with Crippen LogP contribution in [0.15, 0.2) is 34.8 Å². The minimum atomic E-state index is -0.276. The van der Waals surface area contributed by atoms with Crippen LogP contribution in [0.5, 0.6) is 0 Å². The lowest BCUT2D eigenvalue weighted by molar-refractivity contribution is -0.382. The van der Waals surface area contributed by atoms with Gasteiger partial charge in [0.25, 0.3) is 5.69 Å². The third-order valence-electron chi connectivity index (χ3n) is 4.10. The molecule has 0 radical (unpaired) electrons. The summed E-state index contributed by atoms with van der Waals surface area (Å²) in [6.07, 6.45) is 5.86. The van der Waals surface area contributed by atoms with Crippen LogP contribution in [0.1, 0.15) is 32.1 Å². The highest BCUT2D eigenvalue weighted by Crippen LogP contribution is 2.36. The fraction of sp³-hybridized carbons (Fsp3) is 0.375. The third-order valence-corrected chi connectivity index (χ3v) is 4.59. The van der Waals surface area contributed by atoms with Crippen molar-refractivity contribution in [2.24, 2.45) is 0 Å². The van der Waals surface area contributed by atoms with Crippen LogP contribution in [0.4, 0.5) is 11.4 Å². The molecule has 0 atom stereocenters. The second kappa shape index (κ2) is 6.02. The van der Waals surface area contributed by atoms with Crippen molar-refractivity contribution >= 4 is 38.1 Å². The van der Waals surface area contributed by atoms with Crippen LogP contribution in [0, 0.1) is 10.1 Å². The number of nitro groups is 1. The second-order valence-electron chi connectivity index (χ2n) is 5.56. The number of nitrogens with zero attached hydrogens (tertiary/aromatic N) is 1. The summed E-state index contributed by atoms with van der Waals surface area (Å²) < 4.78 is 0.928. The van der Waals surface area contributed by atoms with Gasteiger partial charge in [-0.15, -0.1) is 0 Å². The zero-order valence-corrected chi connectivity index (χ0v) is 13.2. The normalized spacial score (nSPS) is 16.0. The van der Waals surface area contributed by atoms with Crippen LogP contribution in [0.2, 0.25) is 0 Å². The molecule has 1 saturated carbocycles. The Morgan fingerprint density at radius 1 is 1.14 bits per heavy atom. The van der Waals surface area contributed by atoms with E-state index in [-0.39, 0.29) is 10.6 Å². The molecule has 110 valence electrons. The van der Waals surface area contributed by atoms with E-state index in [0.29, 0.717) is 17.1 Å². The number of nitro benzene ring substituents is 1. The quantitative estimate of drug-likeness (QED) is 0.608. The van der Waals surface area contributed by atoms with Crippen LogP contribution in [-0.4, -0.2) is 11.0 Å². The third kappa shape index (κ3) is 3.02. The van der Waals surface area contributed by atoms with Crippen molar-refractivity contribution in [3.63, 3.8) is 0 Å². The molecule has 0 aromatic heterocycles. The highest BCUT2D eigenvalue weighted by Gasteiger charge is 2.21.